The van der Waals surface area contributed by atoms with E-state index in [2.05, 4.69) is 10.3 Å². The lowest BCUT2D eigenvalue weighted by atomic mass is 9.87. The molecule has 0 bridgehead atoms. The van der Waals surface area contributed by atoms with Crippen molar-refractivity contribution < 1.29 is 9.18 Å². The summed E-state index contributed by atoms with van der Waals surface area (Å²) in [5, 5.41) is 3.34. The molecule has 3 rings (SSSR count). The molecule has 23 heavy (non-hydrogen) atoms. The van der Waals surface area contributed by atoms with Gasteiger partial charge in [-0.1, -0.05) is 30.8 Å². The summed E-state index contributed by atoms with van der Waals surface area (Å²) in [5.41, 5.74) is 0.847. The van der Waals surface area contributed by atoms with E-state index in [9.17, 15) is 14.0 Å². The van der Waals surface area contributed by atoms with Gasteiger partial charge in [-0.3, -0.25) is 9.59 Å². The highest BCUT2D eigenvalue weighted by Gasteiger charge is 2.31. The van der Waals surface area contributed by atoms with Crippen molar-refractivity contribution in [3.05, 3.63) is 51.6 Å². The molecule has 0 spiro atoms. The lowest BCUT2D eigenvalue weighted by Crippen LogP contribution is -2.33. The number of aromatic nitrogens is 2. The molecule has 1 aromatic carbocycles. The van der Waals surface area contributed by atoms with Gasteiger partial charge < -0.3 is 9.88 Å². The second-order valence-electron chi connectivity index (χ2n) is 5.31. The third-order valence-electron chi connectivity index (χ3n) is 3.85. The Labute approximate surface area is 136 Å². The minimum absolute atomic E-state index is 0.149. The first-order chi connectivity index (χ1) is 11.0. The predicted molar refractivity (Wildman–Crippen MR) is 87.4 cm³/mol. The number of hydrogen-bond acceptors (Lipinski definition) is 4. The van der Waals surface area contributed by atoms with Crippen LogP contribution < -0.4 is 10.9 Å². The summed E-state index contributed by atoms with van der Waals surface area (Å²) in [6, 6.07) is 5.88. The number of hydrogen-bond donors (Lipinski definition) is 1. The van der Waals surface area contributed by atoms with E-state index in [-0.39, 0.29) is 23.7 Å². The molecule has 1 aromatic heterocycles. The van der Waals surface area contributed by atoms with Gasteiger partial charge in [-0.15, -0.1) is 0 Å². The van der Waals surface area contributed by atoms with Crippen LogP contribution in [0.5, 0.6) is 0 Å². The highest BCUT2D eigenvalue weighted by molar-refractivity contribution is 7.99. The number of halogens is 1. The van der Waals surface area contributed by atoms with Gasteiger partial charge in [-0.2, -0.15) is 4.98 Å². The van der Waals surface area contributed by atoms with Crippen molar-refractivity contribution in [1.82, 2.24) is 9.55 Å². The largest absolute Gasteiger partial charge is 0.312 e. The molecule has 0 fully saturated rings. The summed E-state index contributed by atoms with van der Waals surface area (Å²) in [6.07, 6.45) is 0.149. The zero-order chi connectivity index (χ0) is 16.6. The molecule has 1 N–H and O–H groups in total. The molecule has 1 atom stereocenters. The molecule has 0 aliphatic carbocycles. The Morgan fingerprint density at radius 2 is 2.04 bits per heavy atom. The monoisotopic (exact) mass is 333 g/mol. The van der Waals surface area contributed by atoms with Crippen LogP contribution in [-0.2, 0) is 11.8 Å². The van der Waals surface area contributed by atoms with Crippen molar-refractivity contribution in [1.29, 1.82) is 0 Å². The van der Waals surface area contributed by atoms with Gasteiger partial charge in [0, 0.05) is 19.4 Å². The molecule has 0 saturated heterocycles. The molecule has 0 radical (unpaired) electrons. The zero-order valence-corrected chi connectivity index (χ0v) is 13.6. The van der Waals surface area contributed by atoms with Crippen molar-refractivity contribution in [2.24, 2.45) is 7.05 Å². The number of amides is 1. The quantitative estimate of drug-likeness (QED) is 0.692. The van der Waals surface area contributed by atoms with E-state index in [0.29, 0.717) is 16.5 Å². The number of benzene rings is 1. The fourth-order valence-electron chi connectivity index (χ4n) is 2.77. The van der Waals surface area contributed by atoms with Crippen LogP contribution >= 0.6 is 11.8 Å². The van der Waals surface area contributed by atoms with Crippen LogP contribution in [0.3, 0.4) is 0 Å². The number of anilines is 1. The van der Waals surface area contributed by atoms with Crippen LogP contribution in [0, 0.1) is 5.82 Å². The Balaban J connectivity index is 2.18. The Morgan fingerprint density at radius 1 is 1.35 bits per heavy atom. The highest BCUT2D eigenvalue weighted by Crippen LogP contribution is 2.35. The van der Waals surface area contributed by atoms with Gasteiger partial charge in [0.25, 0.3) is 5.56 Å². The first-order valence-electron chi connectivity index (χ1n) is 7.30. The van der Waals surface area contributed by atoms with E-state index in [1.807, 2.05) is 6.92 Å². The number of nitrogens with zero attached hydrogens (tertiary/aromatic N) is 2. The number of thioether (sulfide) groups is 1. The third kappa shape index (κ3) is 2.88. The lowest BCUT2D eigenvalue weighted by Gasteiger charge is -2.27. The standard InChI is InChI=1S/C16H16FN3O2S/c1-3-23-16-19-15(22)13-11(9-4-6-10(17)7-5-9)8-12(21)18-14(13)20(16)2/h4-7,11H,3,8H2,1-2H3,(H,18,21)/t11-/m1/s1. The molecule has 0 unspecified atom stereocenters. The summed E-state index contributed by atoms with van der Waals surface area (Å²) >= 11 is 1.44. The van der Waals surface area contributed by atoms with Gasteiger partial charge >= 0.3 is 0 Å². The minimum Gasteiger partial charge on any atom is -0.312 e. The van der Waals surface area contributed by atoms with Crippen molar-refractivity contribution in [3.8, 4) is 0 Å². The Morgan fingerprint density at radius 3 is 2.70 bits per heavy atom. The maximum atomic E-state index is 13.1. The molecule has 5 nitrogen and oxygen atoms in total. The topological polar surface area (TPSA) is 64.0 Å². The van der Waals surface area contributed by atoms with Crippen LogP contribution in [0.2, 0.25) is 0 Å². The zero-order valence-electron chi connectivity index (χ0n) is 12.8. The average Bonchev–Trinajstić information content (AvgIpc) is 2.52. The predicted octanol–water partition coefficient (Wildman–Crippen LogP) is 2.51. The summed E-state index contributed by atoms with van der Waals surface area (Å²) in [6.45, 7) is 1.97. The molecular formula is C16H16FN3O2S. The Bertz CT molecular complexity index is 817. The van der Waals surface area contributed by atoms with Crippen LogP contribution in [-0.4, -0.2) is 21.2 Å². The number of rotatable bonds is 3. The molecular weight excluding hydrogens is 317 g/mol. The molecule has 0 saturated carbocycles. The Hall–Kier alpha value is -2.15. The first-order valence-corrected chi connectivity index (χ1v) is 8.28. The summed E-state index contributed by atoms with van der Waals surface area (Å²) in [4.78, 5) is 28.7. The van der Waals surface area contributed by atoms with Gasteiger partial charge in [-0.25, -0.2) is 4.39 Å². The second-order valence-corrected chi connectivity index (χ2v) is 6.54. The molecule has 1 aliphatic rings. The second kappa shape index (κ2) is 6.16. The van der Waals surface area contributed by atoms with E-state index < -0.39 is 5.92 Å². The van der Waals surface area contributed by atoms with Crippen molar-refractivity contribution in [2.45, 2.75) is 24.4 Å². The summed E-state index contributed by atoms with van der Waals surface area (Å²) < 4.78 is 14.9. The number of fused-ring (bicyclic) bond motifs is 1. The van der Waals surface area contributed by atoms with E-state index >= 15 is 0 Å². The fourth-order valence-corrected chi connectivity index (χ4v) is 3.46. The maximum absolute atomic E-state index is 13.1. The van der Waals surface area contributed by atoms with E-state index in [0.717, 1.165) is 11.3 Å². The smallest absolute Gasteiger partial charge is 0.279 e. The molecule has 1 aliphatic heterocycles. The first kappa shape index (κ1) is 15.7. The minimum atomic E-state index is -0.411. The van der Waals surface area contributed by atoms with Crippen molar-refractivity contribution >= 4 is 23.5 Å². The molecule has 2 heterocycles. The maximum Gasteiger partial charge on any atom is 0.279 e. The normalized spacial score (nSPS) is 16.8. The molecule has 2 aromatic rings. The van der Waals surface area contributed by atoms with Gasteiger partial charge in [0.05, 0.1) is 5.56 Å². The molecule has 7 heteroatoms. The average molecular weight is 333 g/mol. The van der Waals surface area contributed by atoms with E-state index in [1.54, 1.807) is 23.7 Å². The number of carbonyl (C=O) groups is 1. The lowest BCUT2D eigenvalue weighted by molar-refractivity contribution is -0.116. The van der Waals surface area contributed by atoms with Gasteiger partial charge in [0.1, 0.15) is 11.6 Å². The molecule has 1 amide bonds. The van der Waals surface area contributed by atoms with Gasteiger partial charge in [0.15, 0.2) is 5.16 Å². The van der Waals surface area contributed by atoms with Crippen LogP contribution in [0.15, 0.2) is 34.2 Å². The van der Waals surface area contributed by atoms with Crippen LogP contribution in [0.4, 0.5) is 10.2 Å². The van der Waals surface area contributed by atoms with Gasteiger partial charge in [-0.05, 0) is 23.4 Å². The SMILES string of the molecule is CCSc1nc(=O)c2c(n1C)NC(=O)C[C@@H]2c1ccc(F)cc1. The van der Waals surface area contributed by atoms with Crippen LogP contribution in [0.25, 0.3) is 0 Å². The molecule has 120 valence electrons. The summed E-state index contributed by atoms with van der Waals surface area (Å²) in [5.74, 6) is 0.321. The number of nitrogens with one attached hydrogen (secondary N) is 1. The highest BCUT2D eigenvalue weighted by atomic mass is 32.2. The van der Waals surface area contributed by atoms with E-state index in [1.165, 1.54) is 23.9 Å². The van der Waals surface area contributed by atoms with Crippen LogP contribution in [0.1, 0.15) is 30.4 Å². The Kier molecular flexibility index (Phi) is 4.21. The summed E-state index contributed by atoms with van der Waals surface area (Å²) in [7, 11) is 1.77. The van der Waals surface area contributed by atoms with Crippen molar-refractivity contribution in [3.63, 3.8) is 0 Å². The van der Waals surface area contributed by atoms with Gasteiger partial charge in [0.2, 0.25) is 5.91 Å². The van der Waals surface area contributed by atoms with Crippen molar-refractivity contribution in [2.75, 3.05) is 11.1 Å². The third-order valence-corrected chi connectivity index (χ3v) is 4.76. The fraction of sp³-hybridized carbons (Fsp3) is 0.312. The number of carbonyl (C=O) groups excluding carboxylic acids is 1. The van der Waals surface area contributed by atoms with E-state index in [4.69, 9.17) is 0 Å².